The van der Waals surface area contributed by atoms with E-state index in [2.05, 4.69) is 18.3 Å². The maximum atomic E-state index is 12.1. The van der Waals surface area contributed by atoms with E-state index in [-0.39, 0.29) is 5.92 Å². The van der Waals surface area contributed by atoms with Crippen molar-refractivity contribution in [1.29, 1.82) is 0 Å². The number of carbonyl (C=O) groups is 1. The number of Topliss-reactive ketones (excluding diaryl/α,β-unsaturated/α-hetero) is 1. The number of hydrogen-bond donors (Lipinski definition) is 1. The van der Waals surface area contributed by atoms with Crippen LogP contribution in [0, 0.1) is 5.92 Å². The fourth-order valence-corrected chi connectivity index (χ4v) is 2.06. The molecule has 1 atom stereocenters. The molecular formula is C13H17NO. The Bertz CT molecular complexity index is 353. The van der Waals surface area contributed by atoms with Gasteiger partial charge >= 0.3 is 0 Å². The van der Waals surface area contributed by atoms with Crippen LogP contribution in [0.4, 0.5) is 0 Å². The highest BCUT2D eigenvalue weighted by Gasteiger charge is 2.23. The van der Waals surface area contributed by atoms with Crippen LogP contribution in [0.1, 0.15) is 29.3 Å². The van der Waals surface area contributed by atoms with Crippen molar-refractivity contribution in [3.05, 3.63) is 35.4 Å². The lowest BCUT2D eigenvalue weighted by atomic mass is 9.95. The lowest BCUT2D eigenvalue weighted by molar-refractivity contribution is 0.0930. The van der Waals surface area contributed by atoms with Gasteiger partial charge in [-0.25, -0.2) is 0 Å². The smallest absolute Gasteiger partial charge is 0.167 e. The normalized spacial score (nSPS) is 20.5. The number of rotatable bonds is 3. The maximum absolute atomic E-state index is 12.1. The van der Waals surface area contributed by atoms with Gasteiger partial charge in [0.2, 0.25) is 0 Å². The molecule has 2 nitrogen and oxygen atoms in total. The third kappa shape index (κ3) is 2.26. The average Bonchev–Trinajstić information content (AvgIpc) is 2.81. The molecule has 15 heavy (non-hydrogen) atoms. The van der Waals surface area contributed by atoms with Gasteiger partial charge in [-0.05, 0) is 31.0 Å². The Labute approximate surface area is 90.7 Å². The van der Waals surface area contributed by atoms with Gasteiger partial charge in [0.1, 0.15) is 0 Å². The summed E-state index contributed by atoms with van der Waals surface area (Å²) in [5, 5.41) is 3.23. The van der Waals surface area contributed by atoms with Crippen LogP contribution in [0.2, 0.25) is 0 Å². The largest absolute Gasteiger partial charge is 0.316 e. The molecule has 0 radical (unpaired) electrons. The number of ketones is 1. The molecule has 0 spiro atoms. The molecule has 1 aromatic rings. The van der Waals surface area contributed by atoms with Gasteiger partial charge in [-0.15, -0.1) is 0 Å². The highest BCUT2D eigenvalue weighted by molar-refractivity contribution is 5.98. The van der Waals surface area contributed by atoms with Crippen molar-refractivity contribution < 1.29 is 4.79 Å². The topological polar surface area (TPSA) is 29.1 Å². The van der Waals surface area contributed by atoms with Crippen LogP contribution in [-0.2, 0) is 6.42 Å². The van der Waals surface area contributed by atoms with Gasteiger partial charge in [0.05, 0.1) is 0 Å². The summed E-state index contributed by atoms with van der Waals surface area (Å²) < 4.78 is 0. The molecular weight excluding hydrogens is 186 g/mol. The summed E-state index contributed by atoms with van der Waals surface area (Å²) in [7, 11) is 0. The van der Waals surface area contributed by atoms with Gasteiger partial charge in [0.15, 0.2) is 5.78 Å². The summed E-state index contributed by atoms with van der Waals surface area (Å²) in [6.07, 6.45) is 1.97. The van der Waals surface area contributed by atoms with Gasteiger partial charge in [-0.1, -0.05) is 25.1 Å². The van der Waals surface area contributed by atoms with Gasteiger partial charge in [0.25, 0.3) is 0 Å². The Morgan fingerprint density at radius 2 is 2.40 bits per heavy atom. The molecule has 0 saturated carbocycles. The molecule has 0 bridgehead atoms. The zero-order valence-corrected chi connectivity index (χ0v) is 9.12. The zero-order chi connectivity index (χ0) is 10.7. The third-order valence-electron chi connectivity index (χ3n) is 3.05. The molecule has 1 fully saturated rings. The predicted molar refractivity (Wildman–Crippen MR) is 61.1 cm³/mol. The van der Waals surface area contributed by atoms with Gasteiger partial charge in [-0.2, -0.15) is 0 Å². The van der Waals surface area contributed by atoms with Gasteiger partial charge in [-0.3, -0.25) is 4.79 Å². The molecule has 1 aromatic carbocycles. The highest BCUT2D eigenvalue weighted by Crippen LogP contribution is 2.16. The molecule has 0 amide bonds. The van der Waals surface area contributed by atoms with Crippen LogP contribution in [-0.4, -0.2) is 18.9 Å². The Hall–Kier alpha value is -1.15. The first-order chi connectivity index (χ1) is 7.31. The number of carbonyl (C=O) groups excluding carboxylic acids is 1. The summed E-state index contributed by atoms with van der Waals surface area (Å²) in [5.41, 5.74) is 2.12. The molecule has 1 heterocycles. The molecule has 1 aliphatic heterocycles. The molecule has 1 saturated heterocycles. The molecule has 0 aromatic heterocycles. The van der Waals surface area contributed by atoms with Crippen molar-refractivity contribution in [2.24, 2.45) is 5.92 Å². The summed E-state index contributed by atoms with van der Waals surface area (Å²) >= 11 is 0. The molecule has 1 unspecified atom stereocenters. The van der Waals surface area contributed by atoms with Crippen LogP contribution in [0.25, 0.3) is 0 Å². The van der Waals surface area contributed by atoms with Crippen molar-refractivity contribution in [2.45, 2.75) is 19.8 Å². The lowest BCUT2D eigenvalue weighted by Crippen LogP contribution is -2.17. The second-order valence-electron chi connectivity index (χ2n) is 4.11. The van der Waals surface area contributed by atoms with Crippen molar-refractivity contribution in [1.82, 2.24) is 5.32 Å². The van der Waals surface area contributed by atoms with Crippen molar-refractivity contribution in [3.8, 4) is 0 Å². The predicted octanol–water partition coefficient (Wildman–Crippen LogP) is 2.04. The summed E-state index contributed by atoms with van der Waals surface area (Å²) in [6, 6.07) is 8.01. The molecule has 0 aliphatic carbocycles. The SMILES string of the molecule is CCc1cccc(C(=O)C2CCNC2)c1. The molecule has 80 valence electrons. The number of benzene rings is 1. The Morgan fingerprint density at radius 3 is 3.07 bits per heavy atom. The first-order valence-electron chi connectivity index (χ1n) is 5.65. The minimum absolute atomic E-state index is 0.192. The number of aryl methyl sites for hydroxylation is 1. The quantitative estimate of drug-likeness (QED) is 0.762. The Kier molecular flexibility index (Phi) is 3.17. The second kappa shape index (κ2) is 4.58. The van der Waals surface area contributed by atoms with Gasteiger partial charge in [0, 0.05) is 18.0 Å². The molecule has 1 N–H and O–H groups in total. The van der Waals surface area contributed by atoms with Crippen LogP contribution in [0.3, 0.4) is 0 Å². The summed E-state index contributed by atoms with van der Waals surface area (Å²) in [4.78, 5) is 12.1. The highest BCUT2D eigenvalue weighted by atomic mass is 16.1. The maximum Gasteiger partial charge on any atom is 0.167 e. The minimum atomic E-state index is 0.192. The molecule has 1 aliphatic rings. The van der Waals surface area contributed by atoms with Crippen LogP contribution in [0.5, 0.6) is 0 Å². The fourth-order valence-electron chi connectivity index (χ4n) is 2.06. The van der Waals surface area contributed by atoms with E-state index in [0.29, 0.717) is 5.78 Å². The third-order valence-corrected chi connectivity index (χ3v) is 3.05. The van der Waals surface area contributed by atoms with Crippen LogP contribution in [0.15, 0.2) is 24.3 Å². The number of nitrogens with one attached hydrogen (secondary N) is 1. The van der Waals surface area contributed by atoms with E-state index in [1.165, 1.54) is 5.56 Å². The summed E-state index contributed by atoms with van der Waals surface area (Å²) in [6.45, 7) is 3.93. The number of hydrogen-bond acceptors (Lipinski definition) is 2. The summed E-state index contributed by atoms with van der Waals surface area (Å²) in [5.74, 6) is 0.493. The zero-order valence-electron chi connectivity index (χ0n) is 9.12. The lowest BCUT2D eigenvalue weighted by Gasteiger charge is -2.08. The monoisotopic (exact) mass is 203 g/mol. The fraction of sp³-hybridized carbons (Fsp3) is 0.462. The second-order valence-corrected chi connectivity index (χ2v) is 4.11. The van der Waals surface area contributed by atoms with E-state index in [0.717, 1.165) is 31.5 Å². The van der Waals surface area contributed by atoms with E-state index in [4.69, 9.17) is 0 Å². The van der Waals surface area contributed by atoms with E-state index < -0.39 is 0 Å². The van der Waals surface area contributed by atoms with Gasteiger partial charge < -0.3 is 5.32 Å². The van der Waals surface area contributed by atoms with E-state index in [1.54, 1.807) is 0 Å². The van der Waals surface area contributed by atoms with E-state index >= 15 is 0 Å². The van der Waals surface area contributed by atoms with Crippen molar-refractivity contribution in [3.63, 3.8) is 0 Å². The minimum Gasteiger partial charge on any atom is -0.316 e. The average molecular weight is 203 g/mol. The van der Waals surface area contributed by atoms with Crippen molar-refractivity contribution in [2.75, 3.05) is 13.1 Å². The Balaban J connectivity index is 2.17. The standard InChI is InChI=1S/C13H17NO/c1-2-10-4-3-5-11(8-10)13(15)12-6-7-14-9-12/h3-5,8,12,14H,2,6-7,9H2,1H3. The molecule has 2 heteroatoms. The van der Waals surface area contributed by atoms with Crippen molar-refractivity contribution >= 4 is 5.78 Å². The first-order valence-corrected chi connectivity index (χ1v) is 5.65. The van der Waals surface area contributed by atoms with E-state index in [1.807, 2.05) is 18.2 Å². The Morgan fingerprint density at radius 1 is 1.53 bits per heavy atom. The van der Waals surface area contributed by atoms with Crippen LogP contribution >= 0.6 is 0 Å². The van der Waals surface area contributed by atoms with E-state index in [9.17, 15) is 4.79 Å². The molecule has 2 rings (SSSR count). The van der Waals surface area contributed by atoms with Crippen LogP contribution < -0.4 is 5.32 Å². The first kappa shape index (κ1) is 10.4.